The van der Waals surface area contributed by atoms with Gasteiger partial charge in [-0.1, -0.05) is 25.4 Å². The fourth-order valence-corrected chi connectivity index (χ4v) is 5.05. The van der Waals surface area contributed by atoms with E-state index in [1.807, 2.05) is 13.0 Å². The molecule has 3 rings (SSSR count). The first-order valence-corrected chi connectivity index (χ1v) is 10.9. The molecule has 1 fully saturated rings. The fraction of sp³-hybridized carbons (Fsp3) is 0.474. The Hall–Kier alpha value is -1.70. The normalized spacial score (nSPS) is 16.1. The third kappa shape index (κ3) is 4.25. The van der Waals surface area contributed by atoms with Crippen molar-refractivity contribution in [3.63, 3.8) is 0 Å². The molecular formula is C19H25ClN4O2S. The topological polar surface area (TPSA) is 66.4 Å². The quantitative estimate of drug-likeness (QED) is 0.775. The summed E-state index contributed by atoms with van der Waals surface area (Å²) in [5.41, 5.74) is 1.59. The number of sulfonamides is 1. The maximum absolute atomic E-state index is 13.0. The number of nitrogens with zero attached hydrogens (tertiary/aromatic N) is 4. The first-order chi connectivity index (χ1) is 12.7. The minimum absolute atomic E-state index is 0.248. The molecule has 1 aromatic carbocycles. The minimum Gasteiger partial charge on any atom is -0.354 e. The summed E-state index contributed by atoms with van der Waals surface area (Å²) in [5.74, 6) is 1.93. The second kappa shape index (κ2) is 7.73. The van der Waals surface area contributed by atoms with Crippen LogP contribution in [0.2, 0.25) is 5.02 Å². The predicted octanol–water partition coefficient (Wildman–Crippen LogP) is 3.38. The lowest BCUT2D eigenvalue weighted by atomic mass is 10.2. The zero-order valence-electron chi connectivity index (χ0n) is 16.1. The van der Waals surface area contributed by atoms with E-state index in [2.05, 4.69) is 28.7 Å². The highest BCUT2D eigenvalue weighted by Crippen LogP contribution is 2.25. The average molecular weight is 409 g/mol. The van der Waals surface area contributed by atoms with Gasteiger partial charge in [-0.25, -0.2) is 18.4 Å². The summed E-state index contributed by atoms with van der Waals surface area (Å²) in [5, 5.41) is 0.538. The molecule has 0 radical (unpaired) electrons. The molecule has 2 heterocycles. The van der Waals surface area contributed by atoms with Crippen molar-refractivity contribution in [2.45, 2.75) is 38.5 Å². The number of aromatic nitrogens is 2. The molecule has 8 heteroatoms. The highest BCUT2D eigenvalue weighted by Gasteiger charge is 2.30. The molecule has 0 amide bonds. The van der Waals surface area contributed by atoms with Crippen molar-refractivity contribution in [2.75, 3.05) is 31.1 Å². The van der Waals surface area contributed by atoms with Crippen LogP contribution in [0.25, 0.3) is 0 Å². The van der Waals surface area contributed by atoms with E-state index >= 15 is 0 Å². The Morgan fingerprint density at radius 1 is 1.04 bits per heavy atom. The first kappa shape index (κ1) is 20.0. The lowest BCUT2D eigenvalue weighted by Gasteiger charge is -2.35. The molecule has 0 unspecified atom stereocenters. The lowest BCUT2D eigenvalue weighted by Crippen LogP contribution is -2.49. The predicted molar refractivity (Wildman–Crippen MR) is 108 cm³/mol. The summed E-state index contributed by atoms with van der Waals surface area (Å²) in [7, 11) is -3.53. The van der Waals surface area contributed by atoms with E-state index < -0.39 is 10.0 Å². The lowest BCUT2D eigenvalue weighted by molar-refractivity contribution is 0.383. The van der Waals surface area contributed by atoms with E-state index in [1.165, 1.54) is 4.31 Å². The zero-order valence-corrected chi connectivity index (χ0v) is 17.7. The van der Waals surface area contributed by atoms with Gasteiger partial charge in [-0.05, 0) is 37.6 Å². The molecule has 146 valence electrons. The largest absolute Gasteiger partial charge is 0.354 e. The fourth-order valence-electron chi connectivity index (χ4n) is 3.19. The molecule has 1 aromatic heterocycles. The molecule has 27 heavy (non-hydrogen) atoms. The monoisotopic (exact) mass is 408 g/mol. The van der Waals surface area contributed by atoms with Gasteiger partial charge < -0.3 is 4.90 Å². The molecule has 0 N–H and O–H groups in total. The number of anilines is 1. The van der Waals surface area contributed by atoms with Crippen LogP contribution < -0.4 is 4.90 Å². The number of benzene rings is 1. The number of aryl methyl sites for hydroxylation is 2. The SMILES string of the molecule is Cc1cc(N2CCN(S(=O)(=O)c3ccc(Cl)cc3C)CC2)nc(C(C)C)n1. The second-order valence-corrected chi connectivity index (χ2v) is 9.52. The van der Waals surface area contributed by atoms with Crippen molar-refractivity contribution in [3.8, 4) is 0 Å². The average Bonchev–Trinajstić information content (AvgIpc) is 2.61. The van der Waals surface area contributed by atoms with Gasteiger partial charge in [0.15, 0.2) is 0 Å². The van der Waals surface area contributed by atoms with Gasteiger partial charge in [0.1, 0.15) is 11.6 Å². The van der Waals surface area contributed by atoms with Crippen molar-refractivity contribution >= 4 is 27.4 Å². The van der Waals surface area contributed by atoms with Crippen LogP contribution >= 0.6 is 11.6 Å². The van der Waals surface area contributed by atoms with Gasteiger partial charge in [0.25, 0.3) is 0 Å². The number of hydrogen-bond acceptors (Lipinski definition) is 5. The van der Waals surface area contributed by atoms with Crippen LogP contribution in [0.1, 0.15) is 36.8 Å². The van der Waals surface area contributed by atoms with E-state index in [-0.39, 0.29) is 5.92 Å². The molecule has 1 aliphatic rings. The van der Waals surface area contributed by atoms with Gasteiger partial charge >= 0.3 is 0 Å². The highest BCUT2D eigenvalue weighted by atomic mass is 35.5. The van der Waals surface area contributed by atoms with Crippen LogP contribution in [0.15, 0.2) is 29.2 Å². The standard InChI is InChI=1S/C19H25ClN4O2S/c1-13(2)19-21-15(4)12-18(22-19)23-7-9-24(10-8-23)27(25,26)17-6-5-16(20)11-14(17)3/h5-6,11-13H,7-10H2,1-4H3. The maximum atomic E-state index is 13.0. The molecule has 0 saturated carbocycles. The van der Waals surface area contributed by atoms with Crippen LogP contribution in [0.5, 0.6) is 0 Å². The summed E-state index contributed by atoms with van der Waals surface area (Å²) >= 11 is 5.96. The molecule has 0 atom stereocenters. The molecule has 2 aromatic rings. The van der Waals surface area contributed by atoms with Crippen molar-refractivity contribution in [2.24, 2.45) is 0 Å². The van der Waals surface area contributed by atoms with E-state index in [0.29, 0.717) is 41.7 Å². The van der Waals surface area contributed by atoms with Crippen LogP contribution in [0.3, 0.4) is 0 Å². The number of rotatable bonds is 4. The van der Waals surface area contributed by atoms with Gasteiger partial charge in [0, 0.05) is 48.9 Å². The van der Waals surface area contributed by atoms with Crippen molar-refractivity contribution < 1.29 is 8.42 Å². The highest BCUT2D eigenvalue weighted by molar-refractivity contribution is 7.89. The summed E-state index contributed by atoms with van der Waals surface area (Å²) in [6, 6.07) is 6.85. The Bertz CT molecular complexity index is 939. The van der Waals surface area contributed by atoms with Crippen molar-refractivity contribution in [1.29, 1.82) is 0 Å². The van der Waals surface area contributed by atoms with Crippen LogP contribution in [-0.2, 0) is 10.0 Å². The van der Waals surface area contributed by atoms with Gasteiger partial charge in [-0.2, -0.15) is 4.31 Å². The number of piperazine rings is 1. The molecule has 0 spiro atoms. The maximum Gasteiger partial charge on any atom is 0.243 e. The molecular weight excluding hydrogens is 384 g/mol. The second-order valence-electron chi connectivity index (χ2n) is 7.18. The Morgan fingerprint density at radius 2 is 1.70 bits per heavy atom. The smallest absolute Gasteiger partial charge is 0.243 e. The van der Waals surface area contributed by atoms with E-state index in [1.54, 1.807) is 25.1 Å². The van der Waals surface area contributed by atoms with Crippen LogP contribution in [-0.4, -0.2) is 48.9 Å². The summed E-state index contributed by atoms with van der Waals surface area (Å²) in [6.45, 7) is 9.90. The molecule has 0 bridgehead atoms. The Morgan fingerprint density at radius 3 is 2.30 bits per heavy atom. The molecule has 6 nitrogen and oxygen atoms in total. The zero-order chi connectivity index (χ0) is 19.8. The Kier molecular flexibility index (Phi) is 5.74. The van der Waals surface area contributed by atoms with Gasteiger partial charge in [0.2, 0.25) is 10.0 Å². The van der Waals surface area contributed by atoms with Crippen LogP contribution in [0.4, 0.5) is 5.82 Å². The summed E-state index contributed by atoms with van der Waals surface area (Å²) in [4.78, 5) is 11.6. The Balaban J connectivity index is 1.77. The summed E-state index contributed by atoms with van der Waals surface area (Å²) < 4.78 is 27.5. The summed E-state index contributed by atoms with van der Waals surface area (Å²) in [6.07, 6.45) is 0. The van der Waals surface area contributed by atoms with Crippen molar-refractivity contribution in [1.82, 2.24) is 14.3 Å². The molecule has 1 saturated heterocycles. The van der Waals surface area contributed by atoms with Gasteiger partial charge in [-0.15, -0.1) is 0 Å². The van der Waals surface area contributed by atoms with E-state index in [0.717, 1.165) is 17.3 Å². The number of halogens is 1. The van der Waals surface area contributed by atoms with Gasteiger partial charge in [-0.3, -0.25) is 0 Å². The van der Waals surface area contributed by atoms with E-state index in [4.69, 9.17) is 11.6 Å². The third-order valence-electron chi connectivity index (χ3n) is 4.69. The van der Waals surface area contributed by atoms with Crippen molar-refractivity contribution in [3.05, 3.63) is 46.4 Å². The first-order valence-electron chi connectivity index (χ1n) is 9.05. The molecule has 1 aliphatic heterocycles. The third-order valence-corrected chi connectivity index (χ3v) is 6.99. The minimum atomic E-state index is -3.53. The molecule has 0 aliphatic carbocycles. The Labute approximate surface area is 166 Å². The number of hydrogen-bond donors (Lipinski definition) is 0. The van der Waals surface area contributed by atoms with Crippen LogP contribution in [0, 0.1) is 13.8 Å². The van der Waals surface area contributed by atoms with E-state index in [9.17, 15) is 8.42 Å². The van der Waals surface area contributed by atoms with Gasteiger partial charge in [0.05, 0.1) is 4.90 Å².